The molecule has 1 fully saturated rings. The van der Waals surface area contributed by atoms with Crippen LogP contribution in [0.1, 0.15) is 47.3 Å². The number of nitrogens with one attached hydrogen (secondary N) is 2. The quantitative estimate of drug-likeness (QED) is 0.601. The number of aromatic nitrogens is 3. The van der Waals surface area contributed by atoms with E-state index < -0.39 is 0 Å². The molecule has 6 heteroatoms. The van der Waals surface area contributed by atoms with Crippen molar-refractivity contribution in [3.63, 3.8) is 0 Å². The monoisotopic (exact) mass is 335 g/mol. The van der Waals surface area contributed by atoms with E-state index in [1.807, 2.05) is 22.9 Å². The predicted octanol–water partition coefficient (Wildman–Crippen LogP) is 2.53. The van der Waals surface area contributed by atoms with Crippen molar-refractivity contribution in [1.29, 1.82) is 5.41 Å². The smallest absolute Gasteiger partial charge is 0.218 e. The number of allylic oxidation sites excluding steroid dienone is 1. The van der Waals surface area contributed by atoms with Crippen molar-refractivity contribution in [3.05, 3.63) is 59.8 Å². The molecule has 2 N–H and O–H groups in total. The summed E-state index contributed by atoms with van der Waals surface area (Å²) in [6, 6.07) is 10.4. The molecule has 2 aromatic rings. The topological polar surface area (TPSA) is 83.7 Å². The number of hydrogen-bond donors (Lipinski definition) is 2. The van der Waals surface area contributed by atoms with E-state index in [0.29, 0.717) is 12.4 Å². The summed E-state index contributed by atoms with van der Waals surface area (Å²) in [5.41, 5.74) is 0.835. The van der Waals surface area contributed by atoms with Crippen molar-refractivity contribution in [2.75, 3.05) is 6.54 Å². The number of rotatable bonds is 7. The van der Waals surface area contributed by atoms with Crippen LogP contribution in [0.25, 0.3) is 0 Å². The van der Waals surface area contributed by atoms with Crippen molar-refractivity contribution in [2.24, 2.45) is 5.41 Å². The van der Waals surface area contributed by atoms with Gasteiger partial charge in [0.25, 0.3) is 0 Å². The Balaban J connectivity index is 1.52. The Morgan fingerprint density at radius 3 is 2.88 bits per heavy atom. The molecular formula is C19H21N5O. The van der Waals surface area contributed by atoms with E-state index in [-0.39, 0.29) is 17.2 Å². The summed E-state index contributed by atoms with van der Waals surface area (Å²) in [5, 5.41) is 14.7. The number of ketones is 1. The van der Waals surface area contributed by atoms with Crippen molar-refractivity contribution in [1.82, 2.24) is 20.1 Å². The van der Waals surface area contributed by atoms with Crippen LogP contribution in [-0.4, -0.2) is 33.3 Å². The van der Waals surface area contributed by atoms with Gasteiger partial charge in [0.2, 0.25) is 11.6 Å². The van der Waals surface area contributed by atoms with Gasteiger partial charge in [-0.05, 0) is 37.1 Å². The molecule has 4 rings (SSSR count). The molecule has 1 aliphatic heterocycles. The predicted molar refractivity (Wildman–Crippen MR) is 94.8 cm³/mol. The molecule has 25 heavy (non-hydrogen) atoms. The van der Waals surface area contributed by atoms with Gasteiger partial charge >= 0.3 is 0 Å². The lowest BCUT2D eigenvalue weighted by Gasteiger charge is -2.13. The van der Waals surface area contributed by atoms with Crippen molar-refractivity contribution >= 4 is 12.0 Å². The average Bonchev–Trinajstić information content (AvgIpc) is 3.15. The van der Waals surface area contributed by atoms with Gasteiger partial charge in [0.15, 0.2) is 0 Å². The highest BCUT2D eigenvalue weighted by Gasteiger charge is 2.51. The van der Waals surface area contributed by atoms with Gasteiger partial charge in [-0.3, -0.25) is 4.79 Å². The Labute approximate surface area is 146 Å². The molecule has 0 bridgehead atoms. The molecule has 128 valence electrons. The summed E-state index contributed by atoms with van der Waals surface area (Å²) in [6.45, 7) is 0.572. The summed E-state index contributed by atoms with van der Waals surface area (Å²) < 4.78 is 1.93. The van der Waals surface area contributed by atoms with E-state index in [2.05, 4.69) is 27.5 Å². The van der Waals surface area contributed by atoms with Gasteiger partial charge in [-0.15, -0.1) is 5.10 Å². The standard InChI is InChI=1S/C19H21N5O/c20-11-4-12-21-13-19(9-10-19)17(25)18-22-16-8-7-15(24(16)23-18)14-5-2-1-3-6-14/h1-6,11-12,15,20-21H,7-10,13H2/b12-4-,20-11?. The van der Waals surface area contributed by atoms with Crippen molar-refractivity contribution in [2.45, 2.75) is 31.7 Å². The summed E-state index contributed by atoms with van der Waals surface area (Å²) in [5.74, 6) is 1.30. The Morgan fingerprint density at radius 2 is 2.16 bits per heavy atom. The van der Waals surface area contributed by atoms with Gasteiger partial charge in [0, 0.05) is 19.2 Å². The molecule has 1 aromatic heterocycles. The maximum Gasteiger partial charge on any atom is 0.218 e. The van der Waals surface area contributed by atoms with Crippen LogP contribution in [0.4, 0.5) is 0 Å². The van der Waals surface area contributed by atoms with Crippen molar-refractivity contribution < 1.29 is 4.79 Å². The summed E-state index contributed by atoms with van der Waals surface area (Å²) in [4.78, 5) is 17.4. The zero-order chi connectivity index (χ0) is 17.3. The number of nitrogens with zero attached hydrogens (tertiary/aromatic N) is 3. The van der Waals surface area contributed by atoms with Gasteiger partial charge in [-0.25, -0.2) is 9.67 Å². The van der Waals surface area contributed by atoms with Gasteiger partial charge in [-0.2, -0.15) is 0 Å². The lowest BCUT2D eigenvalue weighted by atomic mass is 10.0. The number of Topliss-reactive ketones (excluding diaryl/α,β-unsaturated/α-hetero) is 1. The van der Waals surface area contributed by atoms with Gasteiger partial charge in [0.05, 0.1) is 11.5 Å². The molecule has 0 amide bonds. The first-order valence-electron chi connectivity index (χ1n) is 8.68. The van der Waals surface area contributed by atoms with E-state index in [0.717, 1.165) is 31.5 Å². The third-order valence-electron chi connectivity index (χ3n) is 5.11. The fourth-order valence-electron chi connectivity index (χ4n) is 3.49. The first kappa shape index (κ1) is 15.7. The number of hydrogen-bond acceptors (Lipinski definition) is 5. The summed E-state index contributed by atoms with van der Waals surface area (Å²) >= 11 is 0. The van der Waals surface area contributed by atoms with Crippen LogP contribution < -0.4 is 5.32 Å². The number of fused-ring (bicyclic) bond motifs is 1. The fourth-order valence-corrected chi connectivity index (χ4v) is 3.49. The van der Waals surface area contributed by atoms with Crippen molar-refractivity contribution in [3.8, 4) is 0 Å². The maximum absolute atomic E-state index is 12.9. The molecule has 0 radical (unpaired) electrons. The third-order valence-corrected chi connectivity index (χ3v) is 5.11. The molecule has 2 heterocycles. The second-order valence-corrected chi connectivity index (χ2v) is 6.78. The zero-order valence-electron chi connectivity index (χ0n) is 14.0. The molecular weight excluding hydrogens is 314 g/mol. The van der Waals surface area contributed by atoms with E-state index in [1.165, 1.54) is 11.8 Å². The normalized spacial score (nSPS) is 20.4. The third kappa shape index (κ3) is 2.88. The van der Waals surface area contributed by atoms with Crippen LogP contribution in [0.2, 0.25) is 0 Å². The number of carbonyl (C=O) groups is 1. The molecule has 1 aromatic carbocycles. The Kier molecular flexibility index (Phi) is 3.95. The molecule has 0 saturated heterocycles. The Hall–Kier alpha value is -2.76. The number of carbonyl (C=O) groups excluding carboxylic acids is 1. The van der Waals surface area contributed by atoms with Crippen LogP contribution in [0.5, 0.6) is 0 Å². The van der Waals surface area contributed by atoms with E-state index in [4.69, 9.17) is 5.41 Å². The molecule has 0 spiro atoms. The highest BCUT2D eigenvalue weighted by molar-refractivity contribution is 5.99. The molecule has 1 atom stereocenters. The minimum absolute atomic E-state index is 0.0389. The number of aryl methyl sites for hydroxylation is 1. The lowest BCUT2D eigenvalue weighted by molar-refractivity contribution is 0.0890. The molecule has 6 nitrogen and oxygen atoms in total. The Bertz CT molecular complexity index is 820. The molecule has 1 saturated carbocycles. The minimum atomic E-state index is -0.378. The van der Waals surface area contributed by atoms with E-state index in [9.17, 15) is 4.79 Å². The van der Waals surface area contributed by atoms with Gasteiger partial charge in [0.1, 0.15) is 5.82 Å². The molecule has 2 aliphatic rings. The van der Waals surface area contributed by atoms with Gasteiger partial charge < -0.3 is 10.7 Å². The lowest BCUT2D eigenvalue weighted by Crippen LogP contribution is -2.28. The minimum Gasteiger partial charge on any atom is -0.390 e. The number of benzene rings is 1. The van der Waals surface area contributed by atoms with Crippen LogP contribution in [0.15, 0.2) is 42.6 Å². The van der Waals surface area contributed by atoms with Crippen LogP contribution in [0, 0.1) is 10.8 Å². The molecule has 1 unspecified atom stereocenters. The highest BCUT2D eigenvalue weighted by atomic mass is 16.1. The summed E-state index contributed by atoms with van der Waals surface area (Å²) in [6.07, 6.45) is 8.08. The fraction of sp³-hybridized carbons (Fsp3) is 0.368. The SMILES string of the molecule is N=C/C=C\NCC1(C(=O)c2nc3n(n2)C(c2ccccc2)CC3)CC1. The first-order valence-corrected chi connectivity index (χ1v) is 8.68. The van der Waals surface area contributed by atoms with Crippen LogP contribution >= 0.6 is 0 Å². The van der Waals surface area contributed by atoms with Gasteiger partial charge in [-0.1, -0.05) is 30.3 Å². The Morgan fingerprint density at radius 1 is 1.36 bits per heavy atom. The van der Waals surface area contributed by atoms with Crippen LogP contribution in [-0.2, 0) is 6.42 Å². The summed E-state index contributed by atoms with van der Waals surface area (Å²) in [7, 11) is 0. The molecule has 1 aliphatic carbocycles. The van der Waals surface area contributed by atoms with E-state index in [1.54, 1.807) is 12.3 Å². The first-order chi connectivity index (χ1) is 12.2. The zero-order valence-corrected chi connectivity index (χ0v) is 14.0. The van der Waals surface area contributed by atoms with E-state index >= 15 is 0 Å². The van der Waals surface area contributed by atoms with Crippen LogP contribution in [0.3, 0.4) is 0 Å². The second-order valence-electron chi connectivity index (χ2n) is 6.78. The highest BCUT2D eigenvalue weighted by Crippen LogP contribution is 2.47. The average molecular weight is 335 g/mol. The maximum atomic E-state index is 12.9. The largest absolute Gasteiger partial charge is 0.390 e. The second kappa shape index (κ2) is 6.27.